The highest BCUT2D eigenvalue weighted by Crippen LogP contribution is 2.29. The van der Waals surface area contributed by atoms with E-state index >= 15 is 0 Å². The Kier molecular flexibility index (Phi) is 4.37. The Bertz CT molecular complexity index is 1220. The third-order valence-electron chi connectivity index (χ3n) is 5.14. The predicted molar refractivity (Wildman–Crippen MR) is 113 cm³/mol. The Hall–Kier alpha value is -3.10. The number of halogens is 1. The molecule has 0 saturated carbocycles. The lowest BCUT2D eigenvalue weighted by atomic mass is 10.1. The average Bonchev–Trinajstić information content (AvgIpc) is 3.05. The first-order chi connectivity index (χ1) is 14.1. The lowest BCUT2D eigenvalue weighted by molar-refractivity contribution is 0.419. The Morgan fingerprint density at radius 1 is 1.24 bits per heavy atom. The molecule has 2 aromatic carbocycles. The van der Waals surface area contributed by atoms with E-state index in [0.29, 0.717) is 29.3 Å². The van der Waals surface area contributed by atoms with Gasteiger partial charge in [-0.25, -0.2) is 9.97 Å². The molecule has 2 aromatic heterocycles. The Morgan fingerprint density at radius 3 is 3.00 bits per heavy atom. The summed E-state index contributed by atoms with van der Waals surface area (Å²) in [4.78, 5) is 11.5. The highest BCUT2D eigenvalue weighted by molar-refractivity contribution is 6.30. The molecular formula is C20H20ClN7O. The maximum absolute atomic E-state index is 6.18. The van der Waals surface area contributed by atoms with Gasteiger partial charge in [0.05, 0.1) is 13.7 Å². The first kappa shape index (κ1) is 18.0. The van der Waals surface area contributed by atoms with Crippen LogP contribution in [0.2, 0.25) is 5.02 Å². The van der Waals surface area contributed by atoms with Crippen LogP contribution in [0.5, 0.6) is 5.75 Å². The number of hydrogen-bond acceptors (Lipinski definition) is 7. The molecule has 0 spiro atoms. The minimum absolute atomic E-state index is 0.278. The minimum Gasteiger partial charge on any atom is -0.494 e. The molecule has 0 fully saturated rings. The Balaban J connectivity index is 1.58. The fourth-order valence-electron chi connectivity index (χ4n) is 3.80. The predicted octanol–water partition coefficient (Wildman–Crippen LogP) is 2.63. The molecular weight excluding hydrogens is 390 g/mol. The van der Waals surface area contributed by atoms with Crippen LogP contribution in [0.25, 0.3) is 16.6 Å². The van der Waals surface area contributed by atoms with Crippen molar-refractivity contribution >= 4 is 39.8 Å². The van der Waals surface area contributed by atoms with Gasteiger partial charge in [-0.1, -0.05) is 17.7 Å². The van der Waals surface area contributed by atoms with Gasteiger partial charge in [-0.05, 0) is 35.9 Å². The van der Waals surface area contributed by atoms with E-state index in [1.807, 2.05) is 30.3 Å². The van der Waals surface area contributed by atoms with E-state index in [2.05, 4.69) is 26.4 Å². The maximum atomic E-state index is 6.18. The number of para-hydroxylation sites is 1. The molecule has 0 aliphatic carbocycles. The molecule has 3 heterocycles. The minimum atomic E-state index is 0.278. The third kappa shape index (κ3) is 3.10. The van der Waals surface area contributed by atoms with Crippen molar-refractivity contribution in [1.29, 1.82) is 0 Å². The van der Waals surface area contributed by atoms with E-state index in [4.69, 9.17) is 27.1 Å². The zero-order chi connectivity index (χ0) is 20.0. The summed E-state index contributed by atoms with van der Waals surface area (Å²) in [6, 6.07) is 11.7. The van der Waals surface area contributed by atoms with Crippen molar-refractivity contribution in [3.63, 3.8) is 0 Å². The third-order valence-corrected chi connectivity index (χ3v) is 5.38. The number of nitrogens with two attached hydrogens (primary N) is 1. The van der Waals surface area contributed by atoms with E-state index in [1.54, 1.807) is 11.6 Å². The van der Waals surface area contributed by atoms with Crippen molar-refractivity contribution in [2.24, 2.45) is 0 Å². The van der Waals surface area contributed by atoms with Gasteiger partial charge in [-0.2, -0.15) is 4.52 Å². The van der Waals surface area contributed by atoms with Gasteiger partial charge in [0, 0.05) is 35.7 Å². The fraction of sp³-hybridized carbons (Fsp3) is 0.250. The van der Waals surface area contributed by atoms with E-state index in [1.165, 1.54) is 0 Å². The molecule has 1 aliphatic rings. The number of rotatable bonds is 3. The molecule has 8 nitrogen and oxygen atoms in total. The van der Waals surface area contributed by atoms with E-state index in [9.17, 15) is 0 Å². The second-order valence-electron chi connectivity index (χ2n) is 6.96. The smallest absolute Gasteiger partial charge is 0.223 e. The Morgan fingerprint density at radius 2 is 2.14 bits per heavy atom. The van der Waals surface area contributed by atoms with Crippen molar-refractivity contribution in [1.82, 2.24) is 24.9 Å². The molecule has 9 heteroatoms. The SMILES string of the molecule is COc1cccc2c1nc(N)n1nc(CN3CCNCc4cc(Cl)ccc43)nc21. The zero-order valence-corrected chi connectivity index (χ0v) is 16.6. The van der Waals surface area contributed by atoms with Gasteiger partial charge in [-0.3, -0.25) is 0 Å². The van der Waals surface area contributed by atoms with E-state index in [-0.39, 0.29) is 5.95 Å². The second kappa shape index (κ2) is 7.06. The summed E-state index contributed by atoms with van der Waals surface area (Å²) in [6.07, 6.45) is 0. The van der Waals surface area contributed by atoms with E-state index in [0.717, 1.165) is 41.3 Å². The van der Waals surface area contributed by atoms with Crippen LogP contribution in [0.15, 0.2) is 36.4 Å². The molecule has 148 valence electrons. The highest BCUT2D eigenvalue weighted by atomic mass is 35.5. The highest BCUT2D eigenvalue weighted by Gasteiger charge is 2.19. The largest absolute Gasteiger partial charge is 0.494 e. The number of hydrogen-bond donors (Lipinski definition) is 2. The summed E-state index contributed by atoms with van der Waals surface area (Å²) in [5.41, 5.74) is 9.81. The van der Waals surface area contributed by atoms with Crippen LogP contribution in [0.3, 0.4) is 0 Å². The van der Waals surface area contributed by atoms with Crippen molar-refractivity contribution in [2.45, 2.75) is 13.1 Å². The molecule has 4 aromatic rings. The molecule has 0 unspecified atom stereocenters. The van der Waals surface area contributed by atoms with Gasteiger partial charge in [0.25, 0.3) is 0 Å². The summed E-state index contributed by atoms with van der Waals surface area (Å²) in [5.74, 6) is 1.61. The first-order valence-electron chi connectivity index (χ1n) is 9.36. The van der Waals surface area contributed by atoms with Crippen LogP contribution >= 0.6 is 11.6 Å². The number of methoxy groups -OCH3 is 1. The maximum Gasteiger partial charge on any atom is 0.223 e. The van der Waals surface area contributed by atoms with Crippen LogP contribution in [0, 0.1) is 0 Å². The van der Waals surface area contributed by atoms with Crippen LogP contribution in [-0.2, 0) is 13.1 Å². The summed E-state index contributed by atoms with van der Waals surface area (Å²) in [6.45, 7) is 3.05. The Labute approximate surface area is 172 Å². The van der Waals surface area contributed by atoms with Gasteiger partial charge in [0.15, 0.2) is 11.5 Å². The number of fused-ring (bicyclic) bond motifs is 4. The molecule has 0 saturated heterocycles. The summed E-state index contributed by atoms with van der Waals surface area (Å²) in [5, 5.41) is 9.63. The van der Waals surface area contributed by atoms with Crippen LogP contribution in [0.1, 0.15) is 11.4 Å². The second-order valence-corrected chi connectivity index (χ2v) is 7.40. The molecule has 29 heavy (non-hydrogen) atoms. The number of aromatic nitrogens is 4. The van der Waals surface area contributed by atoms with Gasteiger partial charge >= 0.3 is 0 Å². The van der Waals surface area contributed by atoms with Crippen molar-refractivity contribution < 1.29 is 4.74 Å². The van der Waals surface area contributed by atoms with Crippen molar-refractivity contribution in [3.8, 4) is 5.75 Å². The molecule has 0 amide bonds. The summed E-state index contributed by atoms with van der Waals surface area (Å²) < 4.78 is 7.01. The molecule has 0 radical (unpaired) electrons. The fourth-order valence-corrected chi connectivity index (χ4v) is 3.99. The number of benzene rings is 2. The lowest BCUT2D eigenvalue weighted by Gasteiger charge is -2.23. The lowest BCUT2D eigenvalue weighted by Crippen LogP contribution is -2.28. The quantitative estimate of drug-likeness (QED) is 0.537. The number of ether oxygens (including phenoxy) is 1. The van der Waals surface area contributed by atoms with Crippen molar-refractivity contribution in [3.05, 3.63) is 52.8 Å². The van der Waals surface area contributed by atoms with Gasteiger partial charge < -0.3 is 20.7 Å². The number of nitrogens with zero attached hydrogens (tertiary/aromatic N) is 5. The molecule has 1 aliphatic heterocycles. The molecule has 0 atom stereocenters. The molecule has 5 rings (SSSR count). The summed E-state index contributed by atoms with van der Waals surface area (Å²) >= 11 is 6.18. The molecule has 3 N–H and O–H groups in total. The first-order valence-corrected chi connectivity index (χ1v) is 9.74. The zero-order valence-electron chi connectivity index (χ0n) is 15.9. The normalized spacial score (nSPS) is 14.2. The number of anilines is 2. The van der Waals surface area contributed by atoms with Crippen LogP contribution in [0.4, 0.5) is 11.6 Å². The number of nitrogen functional groups attached to an aromatic ring is 1. The average molecular weight is 410 g/mol. The number of nitrogens with one attached hydrogen (secondary N) is 1. The molecule has 0 bridgehead atoms. The summed E-state index contributed by atoms with van der Waals surface area (Å²) in [7, 11) is 1.61. The van der Waals surface area contributed by atoms with Gasteiger partial charge in [-0.15, -0.1) is 5.10 Å². The topological polar surface area (TPSA) is 93.6 Å². The van der Waals surface area contributed by atoms with Crippen molar-refractivity contribution in [2.75, 3.05) is 30.8 Å². The standard InChI is InChI=1S/C20H20ClN7O/c1-29-16-4-2-3-14-18(16)25-20(22)28-19(14)24-17(26-28)11-27-8-7-23-10-12-9-13(21)5-6-15(12)27/h2-6,9,23H,7-8,10-11H2,1H3,(H2,22,25). The monoisotopic (exact) mass is 409 g/mol. The van der Waals surface area contributed by atoms with E-state index < -0.39 is 0 Å². The van der Waals surface area contributed by atoms with Crippen LogP contribution in [-0.4, -0.2) is 39.8 Å². The van der Waals surface area contributed by atoms with Gasteiger partial charge in [0.1, 0.15) is 11.3 Å². The van der Waals surface area contributed by atoms with Crippen LogP contribution < -0.4 is 20.7 Å². The van der Waals surface area contributed by atoms with Gasteiger partial charge in [0.2, 0.25) is 5.95 Å².